The van der Waals surface area contributed by atoms with Crippen molar-refractivity contribution in [3.63, 3.8) is 0 Å². The van der Waals surface area contributed by atoms with Crippen molar-refractivity contribution in [3.05, 3.63) is 206 Å². The van der Waals surface area contributed by atoms with E-state index >= 15 is 0 Å². The highest BCUT2D eigenvalue weighted by Gasteiger charge is 2.23. The van der Waals surface area contributed by atoms with Crippen LogP contribution in [0.4, 0.5) is 0 Å². The Morgan fingerprint density at radius 3 is 1.89 bits per heavy atom. The molecule has 0 aliphatic heterocycles. The number of thiophene rings is 1. The van der Waals surface area contributed by atoms with Crippen LogP contribution in [0.25, 0.3) is 130 Å². The van der Waals surface area contributed by atoms with Crippen molar-refractivity contribution in [2.24, 2.45) is 0 Å². The van der Waals surface area contributed by atoms with Gasteiger partial charge in [0.15, 0.2) is 0 Å². The van der Waals surface area contributed by atoms with E-state index in [1.807, 2.05) is 0 Å². The lowest BCUT2D eigenvalue weighted by Crippen LogP contribution is -1.99. The van der Waals surface area contributed by atoms with Gasteiger partial charge in [-0.3, -0.25) is 0 Å². The first kappa shape index (κ1) is 34.6. The summed E-state index contributed by atoms with van der Waals surface area (Å²) in [5.41, 5.74) is 11.8. The van der Waals surface area contributed by atoms with Crippen molar-refractivity contribution in [3.8, 4) is 33.9 Å². The van der Waals surface area contributed by atoms with Gasteiger partial charge in [0.25, 0.3) is 0 Å². The molecule has 0 aliphatic rings. The fourth-order valence-corrected chi connectivity index (χ4v) is 11.3. The highest BCUT2D eigenvalue weighted by Crippen LogP contribution is 2.45. The molecule has 292 valence electrons. The molecule has 0 fully saturated rings. The molecular weight excluding hydrogens is 785 g/mol. The van der Waals surface area contributed by atoms with Crippen molar-refractivity contribution in [2.75, 3.05) is 0 Å². The highest BCUT2D eigenvalue weighted by molar-refractivity contribution is 7.25. The van der Waals surface area contributed by atoms with Crippen LogP contribution in [-0.2, 0) is 0 Å². The summed E-state index contributed by atoms with van der Waals surface area (Å²) >= 11 is 1.71. The molecule has 0 amide bonds. The molecule has 0 N–H and O–H groups in total. The Labute approximate surface area is 365 Å². The quantitative estimate of drug-likeness (QED) is 0.177. The molecule has 5 heteroatoms. The molecule has 0 radical (unpaired) electrons. The van der Waals surface area contributed by atoms with E-state index < -0.39 is 0 Å². The lowest BCUT2D eigenvalue weighted by Gasteiger charge is -2.16. The maximum Gasteiger partial charge on any atom is 0.143 e. The van der Waals surface area contributed by atoms with Gasteiger partial charge in [0.2, 0.25) is 0 Å². The van der Waals surface area contributed by atoms with Crippen molar-refractivity contribution < 1.29 is 0 Å². The van der Waals surface area contributed by atoms with Gasteiger partial charge in [-0.25, -0.2) is 9.97 Å². The average molecular weight is 819 g/mol. The summed E-state index contributed by atoms with van der Waals surface area (Å²) < 4.78 is 6.03. The first-order chi connectivity index (χ1) is 31.2. The van der Waals surface area contributed by atoms with Gasteiger partial charge in [-0.15, -0.1) is 11.3 Å². The second-order valence-corrected chi connectivity index (χ2v) is 17.5. The molecule has 63 heavy (non-hydrogen) atoms. The first-order valence-corrected chi connectivity index (χ1v) is 22.2. The lowest BCUT2D eigenvalue weighted by atomic mass is 9.96. The predicted octanol–water partition coefficient (Wildman–Crippen LogP) is 15.8. The molecule has 0 unspecified atom stereocenters. The molecule has 0 saturated carbocycles. The molecule has 4 heterocycles. The van der Waals surface area contributed by atoms with Crippen molar-refractivity contribution >= 4 is 108 Å². The Balaban J connectivity index is 1.05. The lowest BCUT2D eigenvalue weighted by molar-refractivity contribution is 1.18. The van der Waals surface area contributed by atoms with E-state index in [0.29, 0.717) is 0 Å². The van der Waals surface area contributed by atoms with Crippen molar-refractivity contribution in [1.29, 1.82) is 0 Å². The number of fused-ring (bicyclic) bond motifs is 13. The zero-order valence-electron chi connectivity index (χ0n) is 33.8. The maximum atomic E-state index is 5.65. The molecule has 0 saturated heterocycles. The molecule has 10 aromatic carbocycles. The molecule has 14 rings (SSSR count). The first-order valence-electron chi connectivity index (χ1n) is 21.4. The fourth-order valence-electron chi connectivity index (χ4n) is 10.3. The Morgan fingerprint density at radius 1 is 0.365 bits per heavy atom. The summed E-state index contributed by atoms with van der Waals surface area (Å²) in [7, 11) is 0. The standard InChI is InChI=1S/C58H34N4S/c1-2-17-39(18-3-1)61-48-24-12-10-22-43(48)46-33-38(27-29-50(46)61)55-56(59-57-45-23-11-13-25-53(45)63-58(57)60-55)44-28-31-49(42-21-9-8-20-41(42)44)62-51-30-26-35-14-6-7-19-40(35)54(51)47-32-36-15-4-5-16-37(36)34-52(47)62/h1-34H. The summed E-state index contributed by atoms with van der Waals surface area (Å²) in [6, 6.07) is 74.9. The van der Waals surface area contributed by atoms with Crippen LogP contribution in [0.15, 0.2) is 206 Å². The average Bonchev–Trinajstić information content (AvgIpc) is 3.99. The van der Waals surface area contributed by atoms with E-state index in [4.69, 9.17) is 9.97 Å². The van der Waals surface area contributed by atoms with Crippen LogP contribution in [0.3, 0.4) is 0 Å². The van der Waals surface area contributed by atoms with E-state index in [1.54, 1.807) is 11.3 Å². The minimum atomic E-state index is 0.874. The molecule has 14 aromatic rings. The predicted molar refractivity (Wildman–Crippen MR) is 267 cm³/mol. The van der Waals surface area contributed by atoms with Crippen LogP contribution in [-0.4, -0.2) is 19.1 Å². The zero-order chi connectivity index (χ0) is 41.2. The number of hydrogen-bond acceptors (Lipinski definition) is 3. The van der Waals surface area contributed by atoms with E-state index in [0.717, 1.165) is 65.9 Å². The van der Waals surface area contributed by atoms with E-state index in [2.05, 4.69) is 215 Å². The Kier molecular flexibility index (Phi) is 7.24. The summed E-state index contributed by atoms with van der Waals surface area (Å²) in [4.78, 5) is 12.2. The number of nitrogens with zero attached hydrogens (tertiary/aromatic N) is 4. The molecule has 0 aliphatic carbocycles. The number of aromatic nitrogens is 4. The van der Waals surface area contributed by atoms with Crippen molar-refractivity contribution in [1.82, 2.24) is 19.1 Å². The third-order valence-electron chi connectivity index (χ3n) is 13.1. The second kappa shape index (κ2) is 13.2. The molecule has 0 atom stereocenters. The topological polar surface area (TPSA) is 35.6 Å². The van der Waals surface area contributed by atoms with Gasteiger partial charge in [-0.2, -0.15) is 0 Å². The minimum Gasteiger partial charge on any atom is -0.309 e. The smallest absolute Gasteiger partial charge is 0.143 e. The maximum absolute atomic E-state index is 5.65. The fraction of sp³-hybridized carbons (Fsp3) is 0. The largest absolute Gasteiger partial charge is 0.309 e. The van der Waals surface area contributed by atoms with Gasteiger partial charge in [0.1, 0.15) is 10.3 Å². The van der Waals surface area contributed by atoms with Gasteiger partial charge in [-0.1, -0.05) is 140 Å². The number of para-hydroxylation sites is 2. The number of hydrogen-bond donors (Lipinski definition) is 0. The van der Waals surface area contributed by atoms with E-state index in [-0.39, 0.29) is 0 Å². The Bertz CT molecular complexity index is 4210. The van der Waals surface area contributed by atoms with Crippen LogP contribution in [0.2, 0.25) is 0 Å². The third-order valence-corrected chi connectivity index (χ3v) is 14.1. The summed E-state index contributed by atoms with van der Waals surface area (Å²) in [6.45, 7) is 0. The van der Waals surface area contributed by atoms with Gasteiger partial charge in [-0.05, 0) is 93.7 Å². The van der Waals surface area contributed by atoms with Crippen LogP contribution in [0.1, 0.15) is 0 Å². The highest BCUT2D eigenvalue weighted by atomic mass is 32.1. The molecule has 0 spiro atoms. The zero-order valence-corrected chi connectivity index (χ0v) is 34.6. The van der Waals surface area contributed by atoms with E-state index in [9.17, 15) is 0 Å². The Hall–Kier alpha value is -8.12. The SMILES string of the molecule is c1ccc(-n2c3ccccc3c3cc(-c4nc5sc6ccccc6c5nc4-c4ccc(-n5c6cc7ccccc7cc6c6c7ccccc7ccc65)c5ccccc45)ccc32)cc1. The van der Waals surface area contributed by atoms with Gasteiger partial charge >= 0.3 is 0 Å². The van der Waals surface area contributed by atoms with Crippen molar-refractivity contribution in [2.45, 2.75) is 0 Å². The molecule has 4 aromatic heterocycles. The van der Waals surface area contributed by atoms with Crippen LogP contribution < -0.4 is 0 Å². The van der Waals surface area contributed by atoms with Crippen LogP contribution >= 0.6 is 11.3 Å². The molecular formula is C58H34N4S. The number of rotatable bonds is 4. The summed E-state index contributed by atoms with van der Waals surface area (Å²) in [5.74, 6) is 0. The normalized spacial score (nSPS) is 12.1. The number of benzene rings is 10. The van der Waals surface area contributed by atoms with Gasteiger partial charge < -0.3 is 9.13 Å². The minimum absolute atomic E-state index is 0.874. The third kappa shape index (κ3) is 5.03. The van der Waals surface area contributed by atoms with Gasteiger partial charge in [0.05, 0.1) is 39.1 Å². The monoisotopic (exact) mass is 818 g/mol. The summed E-state index contributed by atoms with van der Waals surface area (Å²) in [6.07, 6.45) is 0. The van der Waals surface area contributed by atoms with Crippen LogP contribution in [0.5, 0.6) is 0 Å². The van der Waals surface area contributed by atoms with Crippen LogP contribution in [0, 0.1) is 0 Å². The van der Waals surface area contributed by atoms with Gasteiger partial charge in [0, 0.05) is 53.8 Å². The van der Waals surface area contributed by atoms with E-state index in [1.165, 1.54) is 64.3 Å². The molecule has 4 nitrogen and oxygen atoms in total. The molecule has 0 bridgehead atoms. The summed E-state index contributed by atoms with van der Waals surface area (Å²) in [5, 5.41) is 13.3. The second-order valence-electron chi connectivity index (χ2n) is 16.5. The Morgan fingerprint density at radius 2 is 1.03 bits per heavy atom.